The second-order valence-electron chi connectivity index (χ2n) is 4.31. The van der Waals surface area contributed by atoms with E-state index in [4.69, 9.17) is 3.07 Å². The molecule has 0 amide bonds. The van der Waals surface area contributed by atoms with Gasteiger partial charge in [-0.05, 0) is 0 Å². The van der Waals surface area contributed by atoms with E-state index in [1.165, 1.54) is 26.0 Å². The number of benzene rings is 1. The van der Waals surface area contributed by atoms with Gasteiger partial charge in [-0.15, -0.1) is 0 Å². The van der Waals surface area contributed by atoms with E-state index in [0.29, 0.717) is 5.56 Å². The van der Waals surface area contributed by atoms with E-state index in [9.17, 15) is 22.0 Å². The van der Waals surface area contributed by atoms with Crippen molar-refractivity contribution >= 4 is 20.2 Å². The average molecular weight is 380 g/mol. The molecule has 1 aliphatic rings. The van der Waals surface area contributed by atoms with Crippen molar-refractivity contribution in [2.24, 2.45) is 0 Å². The van der Waals surface area contributed by atoms with Crippen LogP contribution in [0.2, 0.25) is 0 Å². The molecule has 0 bridgehead atoms. The molecule has 0 atom stereocenters. The van der Waals surface area contributed by atoms with Crippen LogP contribution in [0.4, 0.5) is 22.0 Å². The Morgan fingerprint density at radius 2 is 1.61 bits per heavy atom. The van der Waals surface area contributed by atoms with Gasteiger partial charge in [-0.1, -0.05) is 0 Å². The van der Waals surface area contributed by atoms with E-state index in [1.807, 2.05) is 0 Å². The van der Waals surface area contributed by atoms with Gasteiger partial charge in [0.25, 0.3) is 0 Å². The van der Waals surface area contributed by atoms with Crippen LogP contribution in [0.5, 0.6) is 0 Å². The first kappa shape index (κ1) is 14.0. The van der Waals surface area contributed by atoms with Crippen LogP contribution in [0.25, 0.3) is 0 Å². The molecule has 1 aliphatic heterocycles. The summed E-state index contributed by atoms with van der Waals surface area (Å²) in [4.78, 5) is 0. The predicted molar refractivity (Wildman–Crippen MR) is 64.3 cm³/mol. The van der Waals surface area contributed by atoms with Crippen molar-refractivity contribution in [1.29, 1.82) is 0 Å². The Morgan fingerprint density at radius 1 is 1.06 bits per heavy atom. The molecule has 0 N–H and O–H groups in total. The minimum absolute atomic E-state index is 0.0500. The molecule has 0 fully saturated rings. The summed E-state index contributed by atoms with van der Waals surface area (Å²) in [5.74, 6) is 0. The number of halogens is 6. The number of hydrogen-bond donors (Lipinski definition) is 0. The van der Waals surface area contributed by atoms with E-state index in [2.05, 4.69) is 0 Å². The molecule has 0 unspecified atom stereocenters. The molecule has 102 valence electrons. The topological polar surface area (TPSA) is 9.23 Å². The summed E-state index contributed by atoms with van der Waals surface area (Å²) in [7, 11) is 0. The van der Waals surface area contributed by atoms with Gasteiger partial charge < -0.3 is 0 Å². The molecule has 0 spiro atoms. The monoisotopic (exact) mass is 380 g/mol. The van der Waals surface area contributed by atoms with Crippen molar-refractivity contribution in [2.45, 2.75) is 29.6 Å². The normalized spacial score (nSPS) is 20.9. The Morgan fingerprint density at radius 3 is 2.17 bits per heavy atom. The van der Waals surface area contributed by atoms with Gasteiger partial charge in [-0.3, -0.25) is 0 Å². The van der Waals surface area contributed by atoms with Gasteiger partial charge in [0.15, 0.2) is 0 Å². The van der Waals surface area contributed by atoms with E-state index in [-0.39, 0.29) is 3.57 Å². The van der Waals surface area contributed by atoms with Gasteiger partial charge in [0.1, 0.15) is 0 Å². The van der Waals surface area contributed by atoms with Crippen molar-refractivity contribution in [3.05, 3.63) is 33.4 Å². The molecule has 7 heteroatoms. The number of hydrogen-bond acceptors (Lipinski definition) is 1. The fourth-order valence-electron chi connectivity index (χ4n) is 1.65. The molecule has 2 rings (SSSR count). The van der Waals surface area contributed by atoms with Gasteiger partial charge in [0, 0.05) is 0 Å². The maximum atomic E-state index is 13.5. The summed E-state index contributed by atoms with van der Waals surface area (Å²) in [5, 5.41) is 0. The summed E-state index contributed by atoms with van der Waals surface area (Å²) in [6, 6.07) is 5.92. The molecule has 0 saturated carbocycles. The predicted octanol–water partition coefficient (Wildman–Crippen LogP) is 4.70. The summed E-state index contributed by atoms with van der Waals surface area (Å²) < 4.78 is 64.7. The molecule has 1 aromatic carbocycles. The first-order valence-electron chi connectivity index (χ1n) is 5.01. The van der Waals surface area contributed by atoms with Gasteiger partial charge in [0.05, 0.1) is 0 Å². The molecule has 1 aromatic rings. The third-order valence-electron chi connectivity index (χ3n) is 2.51. The second-order valence-corrected chi connectivity index (χ2v) is 8.69. The van der Waals surface area contributed by atoms with Crippen molar-refractivity contribution in [2.75, 3.05) is 0 Å². The van der Waals surface area contributed by atoms with Crippen molar-refractivity contribution in [3.63, 3.8) is 0 Å². The Balaban J connectivity index is 2.52. The van der Waals surface area contributed by atoms with Crippen LogP contribution in [0.3, 0.4) is 0 Å². The third-order valence-corrected chi connectivity index (χ3v) is 7.89. The van der Waals surface area contributed by atoms with Crippen LogP contribution in [-0.4, -0.2) is 10.1 Å². The van der Waals surface area contributed by atoms with E-state index in [1.54, 1.807) is 12.1 Å². The number of fused-ring (bicyclic) bond motifs is 1. The number of alkyl halides is 6. The minimum atomic E-state index is -5.56. The Hall–Kier alpha value is -0.440. The fourth-order valence-corrected chi connectivity index (χ4v) is 6.68. The maximum absolute atomic E-state index is 13.5. The molecule has 0 radical (unpaired) electrons. The van der Waals surface area contributed by atoms with Crippen molar-refractivity contribution in [3.8, 4) is 0 Å². The molecule has 0 aliphatic carbocycles. The zero-order valence-corrected chi connectivity index (χ0v) is 11.6. The Bertz CT molecular complexity index is 469. The molecule has 0 saturated heterocycles. The van der Waals surface area contributed by atoms with Crippen LogP contribution >= 0.6 is 20.2 Å². The zero-order valence-electron chi connectivity index (χ0n) is 9.49. The SMILES string of the molecule is CC1(C)OI(C(F)(F)C(F)(F)F)c2ccccc21. The summed E-state index contributed by atoms with van der Waals surface area (Å²) in [5.41, 5.74) is -0.657. The van der Waals surface area contributed by atoms with Gasteiger partial charge >= 0.3 is 108 Å². The van der Waals surface area contributed by atoms with Crippen molar-refractivity contribution in [1.82, 2.24) is 0 Å². The first-order valence-corrected chi connectivity index (χ1v) is 8.05. The summed E-state index contributed by atoms with van der Waals surface area (Å²) in [6.07, 6.45) is -5.56. The average Bonchev–Trinajstić information content (AvgIpc) is 2.51. The fraction of sp³-hybridized carbons (Fsp3) is 0.455. The van der Waals surface area contributed by atoms with E-state index < -0.39 is 35.9 Å². The van der Waals surface area contributed by atoms with Crippen LogP contribution in [-0.2, 0) is 8.67 Å². The van der Waals surface area contributed by atoms with Crippen LogP contribution in [0.1, 0.15) is 19.4 Å². The summed E-state index contributed by atoms with van der Waals surface area (Å²) in [6.45, 7) is 3.02. The molecular weight excluding hydrogens is 370 g/mol. The molecule has 1 heterocycles. The standard InChI is InChI=1S/C11H10F5IO/c1-9(2)7-5-3-4-6-8(7)17(18-9)11(15,16)10(12,13)14/h3-6H,1-2H3. The summed E-state index contributed by atoms with van der Waals surface area (Å²) >= 11 is -4.10. The van der Waals surface area contributed by atoms with Crippen LogP contribution in [0, 0.1) is 3.57 Å². The zero-order chi connectivity index (χ0) is 13.8. The van der Waals surface area contributed by atoms with Gasteiger partial charge in [0.2, 0.25) is 0 Å². The Labute approximate surface area is 108 Å². The number of rotatable bonds is 1. The van der Waals surface area contributed by atoms with Crippen LogP contribution in [0.15, 0.2) is 24.3 Å². The second kappa shape index (κ2) is 4.03. The molecule has 18 heavy (non-hydrogen) atoms. The van der Waals surface area contributed by atoms with E-state index >= 15 is 0 Å². The van der Waals surface area contributed by atoms with Gasteiger partial charge in [-0.25, -0.2) is 0 Å². The first-order chi connectivity index (χ1) is 8.07. The van der Waals surface area contributed by atoms with Crippen molar-refractivity contribution < 1.29 is 25.0 Å². The van der Waals surface area contributed by atoms with Crippen LogP contribution < -0.4 is 0 Å². The van der Waals surface area contributed by atoms with Gasteiger partial charge in [-0.2, -0.15) is 0 Å². The quantitative estimate of drug-likeness (QED) is 0.390. The third kappa shape index (κ3) is 2.01. The molecule has 1 nitrogen and oxygen atoms in total. The molecule has 0 aromatic heterocycles. The molecular formula is C11H10F5IO. The van der Waals surface area contributed by atoms with E-state index in [0.717, 1.165) is 0 Å². The Kier molecular flexibility index (Phi) is 3.13.